The third kappa shape index (κ3) is 3.14. The Bertz CT molecular complexity index is 909. The van der Waals surface area contributed by atoms with E-state index in [0.29, 0.717) is 22.9 Å². The largest absolute Gasteiger partial charge is 0.383 e. The van der Waals surface area contributed by atoms with Crippen LogP contribution in [0, 0.1) is 0 Å². The topological polar surface area (TPSA) is 42.5 Å². The highest BCUT2D eigenvalue weighted by molar-refractivity contribution is 6.33. The van der Waals surface area contributed by atoms with Gasteiger partial charge in [-0.05, 0) is 17.7 Å². The fourth-order valence-corrected chi connectivity index (χ4v) is 2.56. The van der Waals surface area contributed by atoms with Gasteiger partial charge in [-0.15, -0.1) is 5.10 Å². The van der Waals surface area contributed by atoms with Gasteiger partial charge in [-0.2, -0.15) is 0 Å². The zero-order chi connectivity index (χ0) is 16.4. The van der Waals surface area contributed by atoms with Crippen LogP contribution in [0.25, 0.3) is 11.6 Å². The second-order valence-electron chi connectivity index (χ2n) is 5.47. The average Bonchev–Trinajstić information content (AvgIpc) is 2.90. The molecule has 0 spiro atoms. The van der Waals surface area contributed by atoms with Crippen molar-refractivity contribution >= 4 is 23.2 Å². The van der Waals surface area contributed by atoms with Gasteiger partial charge in [0.25, 0.3) is 5.56 Å². The molecule has 0 aliphatic rings. The average molecular weight is 329 g/mol. The van der Waals surface area contributed by atoms with E-state index < -0.39 is 0 Å². The first-order valence-electron chi connectivity index (χ1n) is 7.22. The lowest BCUT2D eigenvalue weighted by Gasteiger charge is -2.11. The Kier molecular flexibility index (Phi) is 4.21. The molecule has 0 aliphatic heterocycles. The first-order chi connectivity index (χ1) is 11.1. The van der Waals surface area contributed by atoms with E-state index in [2.05, 4.69) is 5.10 Å². The molecule has 2 heterocycles. The van der Waals surface area contributed by atoms with E-state index in [-0.39, 0.29) is 5.56 Å². The van der Waals surface area contributed by atoms with Crippen molar-refractivity contribution in [2.24, 2.45) is 0 Å². The maximum Gasteiger partial charge on any atom is 0.280 e. The SMILES string of the molecule is CN(C)/C=C/c1nn2ccc(Cl)c2c(=O)n1Cc1ccccc1. The number of benzene rings is 1. The van der Waals surface area contributed by atoms with Crippen LogP contribution in [-0.4, -0.2) is 33.2 Å². The van der Waals surface area contributed by atoms with Crippen LogP contribution in [-0.2, 0) is 6.54 Å². The van der Waals surface area contributed by atoms with Gasteiger partial charge in [-0.3, -0.25) is 9.36 Å². The molecule has 0 N–H and O–H groups in total. The molecule has 0 saturated carbocycles. The number of halogens is 1. The molecule has 0 radical (unpaired) electrons. The van der Waals surface area contributed by atoms with Gasteiger partial charge in [-0.25, -0.2) is 4.52 Å². The zero-order valence-corrected chi connectivity index (χ0v) is 13.7. The maximum absolute atomic E-state index is 12.9. The van der Waals surface area contributed by atoms with Crippen LogP contribution in [0.4, 0.5) is 0 Å². The summed E-state index contributed by atoms with van der Waals surface area (Å²) >= 11 is 6.13. The Balaban J connectivity index is 2.19. The Morgan fingerprint density at radius 3 is 2.65 bits per heavy atom. The van der Waals surface area contributed by atoms with Crippen LogP contribution in [0.1, 0.15) is 11.4 Å². The van der Waals surface area contributed by atoms with Crippen molar-refractivity contribution in [2.45, 2.75) is 6.54 Å². The van der Waals surface area contributed by atoms with Crippen molar-refractivity contribution in [3.63, 3.8) is 0 Å². The van der Waals surface area contributed by atoms with Gasteiger partial charge in [0.15, 0.2) is 5.82 Å². The minimum atomic E-state index is -0.155. The highest BCUT2D eigenvalue weighted by Crippen LogP contribution is 2.15. The fourth-order valence-electron chi connectivity index (χ4n) is 2.34. The lowest BCUT2D eigenvalue weighted by molar-refractivity contribution is 0.566. The maximum atomic E-state index is 12.9. The van der Waals surface area contributed by atoms with Crippen LogP contribution in [0.5, 0.6) is 0 Å². The molecule has 0 saturated heterocycles. The third-order valence-electron chi connectivity index (χ3n) is 3.46. The normalized spacial score (nSPS) is 11.4. The quantitative estimate of drug-likeness (QED) is 0.739. The molecule has 118 valence electrons. The minimum Gasteiger partial charge on any atom is -0.383 e. The molecule has 3 aromatic rings. The number of hydrogen-bond acceptors (Lipinski definition) is 3. The predicted molar refractivity (Wildman–Crippen MR) is 92.7 cm³/mol. The van der Waals surface area contributed by atoms with Crippen LogP contribution in [0.2, 0.25) is 5.02 Å². The van der Waals surface area contributed by atoms with E-state index in [4.69, 9.17) is 11.6 Å². The molecule has 0 unspecified atom stereocenters. The van der Waals surface area contributed by atoms with Crippen LogP contribution in [0.3, 0.4) is 0 Å². The van der Waals surface area contributed by atoms with Gasteiger partial charge in [0, 0.05) is 26.5 Å². The summed E-state index contributed by atoms with van der Waals surface area (Å²) in [5, 5.41) is 4.92. The lowest BCUT2D eigenvalue weighted by Crippen LogP contribution is -2.27. The molecule has 0 bridgehead atoms. The van der Waals surface area contributed by atoms with Crippen molar-refractivity contribution in [1.29, 1.82) is 0 Å². The standard InChI is InChI=1S/C17H17ClN4O/c1-20(2)10-9-15-19-22-11-8-14(18)16(22)17(23)21(15)12-13-6-4-3-5-7-13/h3-11H,12H2,1-2H3/b10-9+. The van der Waals surface area contributed by atoms with Crippen LogP contribution < -0.4 is 5.56 Å². The van der Waals surface area contributed by atoms with Gasteiger partial charge in [-0.1, -0.05) is 41.9 Å². The number of nitrogens with zero attached hydrogens (tertiary/aromatic N) is 4. The molecule has 0 atom stereocenters. The second kappa shape index (κ2) is 6.30. The summed E-state index contributed by atoms with van der Waals surface area (Å²) in [5.74, 6) is 0.576. The van der Waals surface area contributed by atoms with Crippen molar-refractivity contribution in [1.82, 2.24) is 19.1 Å². The van der Waals surface area contributed by atoms with E-state index in [1.807, 2.05) is 61.6 Å². The zero-order valence-electron chi connectivity index (χ0n) is 13.0. The van der Waals surface area contributed by atoms with E-state index >= 15 is 0 Å². The van der Waals surface area contributed by atoms with E-state index in [1.165, 1.54) is 4.52 Å². The van der Waals surface area contributed by atoms with Gasteiger partial charge in [0.2, 0.25) is 0 Å². The van der Waals surface area contributed by atoms with Gasteiger partial charge in [0.1, 0.15) is 5.52 Å². The summed E-state index contributed by atoms with van der Waals surface area (Å²) < 4.78 is 3.16. The molecular weight excluding hydrogens is 312 g/mol. The molecule has 5 nitrogen and oxygen atoms in total. The molecular formula is C17H17ClN4O. The number of rotatable bonds is 4. The second-order valence-corrected chi connectivity index (χ2v) is 5.88. The Hall–Kier alpha value is -2.53. The summed E-state index contributed by atoms with van der Waals surface area (Å²) in [6.07, 6.45) is 5.37. The number of aromatic nitrogens is 3. The predicted octanol–water partition coefficient (Wildman–Crippen LogP) is 2.73. The number of fused-ring (bicyclic) bond motifs is 1. The van der Waals surface area contributed by atoms with Crippen molar-refractivity contribution in [2.75, 3.05) is 14.1 Å². The molecule has 0 fully saturated rings. The smallest absolute Gasteiger partial charge is 0.280 e. The molecule has 0 amide bonds. The summed E-state index contributed by atoms with van der Waals surface area (Å²) in [5.41, 5.74) is 1.27. The Morgan fingerprint density at radius 1 is 1.22 bits per heavy atom. The molecule has 1 aromatic carbocycles. The summed E-state index contributed by atoms with van der Waals surface area (Å²) in [6.45, 7) is 0.442. The monoisotopic (exact) mass is 328 g/mol. The van der Waals surface area contributed by atoms with Crippen LogP contribution in [0.15, 0.2) is 53.6 Å². The number of hydrogen-bond donors (Lipinski definition) is 0. The minimum absolute atomic E-state index is 0.155. The molecule has 3 rings (SSSR count). The lowest BCUT2D eigenvalue weighted by atomic mass is 10.2. The first kappa shape index (κ1) is 15.4. The summed E-state index contributed by atoms with van der Waals surface area (Å²) in [6, 6.07) is 11.5. The highest BCUT2D eigenvalue weighted by atomic mass is 35.5. The molecule has 2 aromatic heterocycles. The Morgan fingerprint density at radius 2 is 1.96 bits per heavy atom. The fraction of sp³-hybridized carbons (Fsp3) is 0.176. The van der Waals surface area contributed by atoms with Crippen LogP contribution >= 0.6 is 11.6 Å². The van der Waals surface area contributed by atoms with E-state index in [0.717, 1.165) is 5.56 Å². The molecule has 0 aliphatic carbocycles. The molecule has 6 heteroatoms. The van der Waals surface area contributed by atoms with Gasteiger partial charge in [0.05, 0.1) is 11.6 Å². The van der Waals surface area contributed by atoms with E-state index in [9.17, 15) is 4.79 Å². The van der Waals surface area contributed by atoms with Gasteiger partial charge < -0.3 is 4.90 Å². The summed E-state index contributed by atoms with van der Waals surface area (Å²) in [4.78, 5) is 14.7. The first-order valence-corrected chi connectivity index (χ1v) is 7.60. The Labute approximate surface area is 139 Å². The summed E-state index contributed by atoms with van der Waals surface area (Å²) in [7, 11) is 3.84. The van der Waals surface area contributed by atoms with Crippen molar-refractivity contribution < 1.29 is 0 Å². The molecule has 23 heavy (non-hydrogen) atoms. The van der Waals surface area contributed by atoms with Crippen molar-refractivity contribution in [3.05, 3.63) is 75.6 Å². The van der Waals surface area contributed by atoms with Gasteiger partial charge >= 0.3 is 0 Å². The van der Waals surface area contributed by atoms with Crippen molar-refractivity contribution in [3.8, 4) is 0 Å². The van der Waals surface area contributed by atoms with E-state index in [1.54, 1.807) is 16.8 Å². The third-order valence-corrected chi connectivity index (χ3v) is 3.76. The highest BCUT2D eigenvalue weighted by Gasteiger charge is 2.13.